The minimum Gasteiger partial charge on any atom is -0.422 e. The molecule has 1 aliphatic heterocycles. The van der Waals surface area contributed by atoms with E-state index in [1.807, 2.05) is 12.1 Å². The Balaban J connectivity index is 1.68. The first-order chi connectivity index (χ1) is 15.3. The predicted octanol–water partition coefficient (Wildman–Crippen LogP) is 5.09. The van der Waals surface area contributed by atoms with Crippen LogP contribution in [0.4, 0.5) is 0 Å². The number of hydrogen-bond acceptors (Lipinski definition) is 6. The van der Waals surface area contributed by atoms with E-state index in [-0.39, 0.29) is 24.2 Å². The maximum absolute atomic E-state index is 13.0. The number of rotatable bonds is 4. The first-order valence-corrected chi connectivity index (χ1v) is 12.5. The molecule has 0 radical (unpaired) electrons. The molecule has 3 aromatic carbocycles. The minimum atomic E-state index is -0.843. The lowest BCUT2D eigenvalue weighted by Crippen LogP contribution is -2.32. The van der Waals surface area contributed by atoms with Gasteiger partial charge < -0.3 is 9.57 Å². The average Bonchev–Trinajstić information content (AvgIpc) is 3.08. The van der Waals surface area contributed by atoms with E-state index in [1.54, 1.807) is 24.3 Å². The molecule has 0 saturated carbocycles. The zero-order valence-corrected chi connectivity index (χ0v) is 22.5. The highest BCUT2D eigenvalue weighted by molar-refractivity contribution is 14.1. The molecule has 0 spiro atoms. The van der Waals surface area contributed by atoms with E-state index in [2.05, 4.69) is 67.8 Å². The van der Waals surface area contributed by atoms with Crippen molar-refractivity contribution in [3.63, 3.8) is 0 Å². The van der Waals surface area contributed by atoms with Gasteiger partial charge in [0.15, 0.2) is 0 Å². The van der Waals surface area contributed by atoms with Gasteiger partial charge in [-0.25, -0.2) is 9.59 Å². The van der Waals surface area contributed by atoms with Gasteiger partial charge in [0.05, 0.1) is 11.1 Å². The Hall–Kier alpha value is -1.81. The Bertz CT molecular complexity index is 1290. The van der Waals surface area contributed by atoms with Crippen LogP contribution in [0, 0.1) is 10.7 Å². The number of hydroxylamine groups is 2. The molecule has 0 atom stereocenters. The van der Waals surface area contributed by atoms with Crippen molar-refractivity contribution in [2.45, 2.75) is 12.8 Å². The molecule has 0 N–H and O–H groups in total. The molecule has 3 aromatic rings. The number of halogens is 3. The second-order valence-corrected chi connectivity index (χ2v) is 10.1. The van der Waals surface area contributed by atoms with Crippen LogP contribution in [0.1, 0.15) is 33.6 Å². The van der Waals surface area contributed by atoms with Gasteiger partial charge >= 0.3 is 11.9 Å². The Morgan fingerprint density at radius 2 is 1.41 bits per heavy atom. The van der Waals surface area contributed by atoms with E-state index in [9.17, 15) is 19.2 Å². The molecule has 2 amide bonds. The number of imide groups is 1. The molecule has 10 heteroatoms. The summed E-state index contributed by atoms with van der Waals surface area (Å²) in [5, 5.41) is 1.49. The van der Waals surface area contributed by atoms with E-state index >= 15 is 0 Å². The number of fused-ring (bicyclic) bond motifs is 1. The number of esters is 1. The van der Waals surface area contributed by atoms with Crippen molar-refractivity contribution < 1.29 is 28.8 Å². The second kappa shape index (κ2) is 9.59. The summed E-state index contributed by atoms with van der Waals surface area (Å²) in [4.78, 5) is 54.3. The van der Waals surface area contributed by atoms with E-state index in [4.69, 9.17) is 9.57 Å². The Kier molecular flexibility index (Phi) is 7.00. The van der Waals surface area contributed by atoms with Gasteiger partial charge in [0, 0.05) is 28.9 Å². The van der Waals surface area contributed by atoms with Gasteiger partial charge in [0.2, 0.25) is 0 Å². The molecule has 1 heterocycles. The lowest BCUT2D eigenvalue weighted by Gasteiger charge is -2.15. The molecule has 0 aromatic heterocycles. The fraction of sp³-hybridized carbons (Fsp3) is 0.0909. The third-order valence-electron chi connectivity index (χ3n) is 4.73. The van der Waals surface area contributed by atoms with Crippen LogP contribution in [-0.2, 0) is 14.4 Å². The van der Waals surface area contributed by atoms with Crippen LogP contribution in [0.2, 0.25) is 0 Å². The topological polar surface area (TPSA) is 90.0 Å². The lowest BCUT2D eigenvalue weighted by molar-refractivity contribution is -0.172. The van der Waals surface area contributed by atoms with E-state index in [0.29, 0.717) is 21.4 Å². The van der Waals surface area contributed by atoms with Crippen molar-refractivity contribution in [2.75, 3.05) is 0 Å². The quantitative estimate of drug-likeness (QED) is 0.121. The van der Waals surface area contributed by atoms with Crippen LogP contribution in [0.15, 0.2) is 48.5 Å². The zero-order valence-electron chi connectivity index (χ0n) is 16.1. The number of benzene rings is 3. The molecule has 0 aliphatic carbocycles. The number of hydrogen-bond donors (Lipinski definition) is 0. The van der Waals surface area contributed by atoms with Crippen LogP contribution < -0.4 is 4.74 Å². The highest BCUT2D eigenvalue weighted by atomic mass is 127. The number of nitrogens with zero attached hydrogens (tertiary/aromatic N) is 1. The van der Waals surface area contributed by atoms with Gasteiger partial charge in [-0.15, -0.1) is 5.06 Å². The molecule has 7 nitrogen and oxygen atoms in total. The van der Waals surface area contributed by atoms with Gasteiger partial charge in [-0.2, -0.15) is 0 Å². The fourth-order valence-electron chi connectivity index (χ4n) is 3.19. The third kappa shape index (κ3) is 4.48. The fourth-order valence-corrected chi connectivity index (χ4v) is 5.52. The second-order valence-electron chi connectivity index (χ2n) is 6.73. The summed E-state index contributed by atoms with van der Waals surface area (Å²) >= 11 is 6.36. The van der Waals surface area contributed by atoms with E-state index < -0.39 is 23.8 Å². The van der Waals surface area contributed by atoms with Crippen molar-refractivity contribution >= 4 is 102 Å². The summed E-state index contributed by atoms with van der Waals surface area (Å²) in [6.45, 7) is 0. The number of ether oxygens (including phenoxy) is 1. The SMILES string of the molecule is O=C(Oc1ccc(C(=O)ON2C(=O)CCC2=O)c2ccccc12)c1c(I)ccc(I)c1I. The monoisotopic (exact) mass is 767 g/mol. The molecular weight excluding hydrogens is 755 g/mol. The van der Waals surface area contributed by atoms with Gasteiger partial charge in [0.1, 0.15) is 5.75 Å². The zero-order chi connectivity index (χ0) is 23.0. The van der Waals surface area contributed by atoms with Crippen LogP contribution in [0.5, 0.6) is 5.75 Å². The summed E-state index contributed by atoms with van der Waals surface area (Å²) in [5.74, 6) is -2.18. The van der Waals surface area contributed by atoms with Crippen LogP contribution in [0.3, 0.4) is 0 Å². The van der Waals surface area contributed by atoms with Gasteiger partial charge in [-0.1, -0.05) is 24.3 Å². The van der Waals surface area contributed by atoms with E-state index in [1.165, 1.54) is 12.1 Å². The summed E-state index contributed by atoms with van der Waals surface area (Å²) in [6, 6.07) is 13.6. The van der Waals surface area contributed by atoms with Gasteiger partial charge in [-0.05, 0) is 97.4 Å². The van der Waals surface area contributed by atoms with Crippen LogP contribution in [-0.4, -0.2) is 28.8 Å². The first kappa shape index (κ1) is 23.4. The molecular formula is C22H12I3NO6. The molecule has 4 rings (SSSR count). The smallest absolute Gasteiger partial charge is 0.364 e. The highest BCUT2D eigenvalue weighted by Gasteiger charge is 2.33. The molecule has 1 fully saturated rings. The third-order valence-corrected chi connectivity index (χ3v) is 8.69. The van der Waals surface area contributed by atoms with Crippen molar-refractivity contribution in [1.82, 2.24) is 5.06 Å². The summed E-state index contributed by atoms with van der Waals surface area (Å²) in [6.07, 6.45) is 0.0234. The molecule has 162 valence electrons. The predicted molar refractivity (Wildman–Crippen MR) is 140 cm³/mol. The Morgan fingerprint density at radius 3 is 2.09 bits per heavy atom. The number of amides is 2. The van der Waals surface area contributed by atoms with Crippen molar-refractivity contribution in [1.29, 1.82) is 0 Å². The normalized spacial score (nSPS) is 13.5. The average molecular weight is 767 g/mol. The highest BCUT2D eigenvalue weighted by Crippen LogP contribution is 2.32. The Morgan fingerprint density at radius 1 is 0.781 bits per heavy atom. The summed E-state index contributed by atoms with van der Waals surface area (Å²) in [7, 11) is 0. The molecule has 0 unspecified atom stereocenters. The van der Waals surface area contributed by atoms with Gasteiger partial charge in [-0.3, -0.25) is 9.59 Å². The Labute approximate surface area is 223 Å². The minimum absolute atomic E-state index is 0.0117. The standard InChI is InChI=1S/C22H12I3NO6/c23-14-6-7-15(24)20(25)19(14)22(30)31-16-8-5-13(11-3-1-2-4-12(11)16)21(29)32-26-17(27)9-10-18(26)28/h1-8H,9-10H2. The number of carbonyl (C=O) groups excluding carboxylic acids is 4. The largest absolute Gasteiger partial charge is 0.422 e. The maximum Gasteiger partial charge on any atom is 0.364 e. The molecule has 0 bridgehead atoms. The van der Waals surface area contributed by atoms with Crippen molar-refractivity contribution in [2.24, 2.45) is 0 Å². The number of carbonyl (C=O) groups is 4. The van der Waals surface area contributed by atoms with E-state index in [0.717, 1.165) is 10.7 Å². The van der Waals surface area contributed by atoms with Crippen molar-refractivity contribution in [3.8, 4) is 5.75 Å². The molecule has 1 aliphatic rings. The van der Waals surface area contributed by atoms with Gasteiger partial charge in [0.25, 0.3) is 11.8 Å². The molecule has 1 saturated heterocycles. The van der Waals surface area contributed by atoms with Crippen molar-refractivity contribution in [3.05, 3.63) is 70.4 Å². The van der Waals surface area contributed by atoms with Crippen LogP contribution >= 0.6 is 67.8 Å². The lowest BCUT2D eigenvalue weighted by atomic mass is 10.0. The van der Waals surface area contributed by atoms with Crippen LogP contribution in [0.25, 0.3) is 10.8 Å². The first-order valence-electron chi connectivity index (χ1n) is 9.23. The molecule has 32 heavy (non-hydrogen) atoms. The maximum atomic E-state index is 13.0. The summed E-state index contributed by atoms with van der Waals surface area (Å²) in [5.41, 5.74) is 0.614. The summed E-state index contributed by atoms with van der Waals surface area (Å²) < 4.78 is 8.21.